The van der Waals surface area contributed by atoms with Crippen LogP contribution in [0.3, 0.4) is 0 Å². The second-order valence-electron chi connectivity index (χ2n) is 10.4. The summed E-state index contributed by atoms with van der Waals surface area (Å²) in [5.41, 5.74) is 0.562. The van der Waals surface area contributed by atoms with E-state index < -0.39 is 39.8 Å². The molecule has 0 fully saturated rings. The van der Waals surface area contributed by atoms with Crippen LogP contribution < -0.4 is 10.0 Å². The Labute approximate surface area is 245 Å². The van der Waals surface area contributed by atoms with Crippen molar-refractivity contribution in [2.45, 2.75) is 49.5 Å². The maximum absolute atomic E-state index is 12.7. The molecule has 1 atom stereocenters. The topological polar surface area (TPSA) is 140 Å². The third kappa shape index (κ3) is 7.97. The summed E-state index contributed by atoms with van der Waals surface area (Å²) in [5.74, 6) is -4.06. The van der Waals surface area contributed by atoms with Crippen LogP contribution in [0.2, 0.25) is 0 Å². The van der Waals surface area contributed by atoms with Gasteiger partial charge in [0, 0.05) is 24.3 Å². The van der Waals surface area contributed by atoms with Crippen LogP contribution in [0, 0.1) is 0 Å². The SMILES string of the molecule is CC(C)(CCn1cnc2c(C(=O)OC(=O)C(F)(F)F)cccc21)NCC(O)c1cccc(NS(=O)(=O)c2ccccc2)c1. The Morgan fingerprint density at radius 2 is 1.72 bits per heavy atom. The van der Waals surface area contributed by atoms with E-state index in [2.05, 4.69) is 19.8 Å². The van der Waals surface area contributed by atoms with Crippen LogP contribution in [0.5, 0.6) is 0 Å². The number of para-hydroxylation sites is 1. The molecule has 0 aliphatic rings. The largest absolute Gasteiger partial charge is 0.491 e. The molecule has 0 amide bonds. The van der Waals surface area contributed by atoms with E-state index >= 15 is 0 Å². The van der Waals surface area contributed by atoms with E-state index in [-0.39, 0.29) is 22.5 Å². The highest BCUT2D eigenvalue weighted by atomic mass is 32.2. The maximum atomic E-state index is 12.7. The number of sulfonamides is 1. The molecule has 0 saturated carbocycles. The van der Waals surface area contributed by atoms with Crippen molar-refractivity contribution in [3.8, 4) is 0 Å². The molecule has 1 heterocycles. The second kappa shape index (κ2) is 12.5. The number of aliphatic hydroxyl groups excluding tert-OH is 1. The van der Waals surface area contributed by atoms with Crippen molar-refractivity contribution >= 4 is 38.7 Å². The van der Waals surface area contributed by atoms with E-state index in [9.17, 15) is 36.3 Å². The number of β-amino-alcohol motifs (C(OH)–C–C–N with tert-alkyl or cyclic N) is 1. The molecule has 1 aromatic heterocycles. The van der Waals surface area contributed by atoms with Crippen LogP contribution >= 0.6 is 0 Å². The first kappa shape index (κ1) is 31.7. The maximum Gasteiger partial charge on any atom is 0.491 e. The van der Waals surface area contributed by atoms with Gasteiger partial charge in [0.15, 0.2) is 0 Å². The van der Waals surface area contributed by atoms with Gasteiger partial charge in [-0.3, -0.25) is 4.72 Å². The third-order valence-electron chi connectivity index (χ3n) is 6.62. The summed E-state index contributed by atoms with van der Waals surface area (Å²) in [6.07, 6.45) is -4.32. The standard InChI is InChI=1S/C29H29F3N4O6S/c1-28(2,14-15-36-18-33-25-22(12-7-13-23(25)36)26(38)42-27(39)29(30,31)32)34-17-24(37)19-8-6-9-20(16-19)35-43(40,41)21-10-4-3-5-11-21/h3-13,16,18,24,34-35,37H,14-15,17H2,1-2H3. The Balaban J connectivity index is 1.37. The number of fused-ring (bicyclic) bond motifs is 1. The van der Waals surface area contributed by atoms with Gasteiger partial charge < -0.3 is 19.7 Å². The van der Waals surface area contributed by atoms with E-state index in [1.165, 1.54) is 30.6 Å². The van der Waals surface area contributed by atoms with Crippen molar-refractivity contribution in [3.63, 3.8) is 0 Å². The number of aromatic nitrogens is 2. The second-order valence-corrected chi connectivity index (χ2v) is 12.0. The van der Waals surface area contributed by atoms with Gasteiger partial charge in [0.1, 0.15) is 5.52 Å². The molecule has 0 radical (unpaired) electrons. The van der Waals surface area contributed by atoms with Crippen LogP contribution in [0.15, 0.2) is 84.0 Å². The number of alkyl halides is 3. The Kier molecular flexibility index (Phi) is 9.23. The van der Waals surface area contributed by atoms with Crippen LogP contribution in [0.4, 0.5) is 18.9 Å². The molecular formula is C29H29F3N4O6S. The van der Waals surface area contributed by atoms with Gasteiger partial charge in [-0.1, -0.05) is 36.4 Å². The smallest absolute Gasteiger partial charge is 0.387 e. The lowest BCUT2D eigenvalue weighted by Gasteiger charge is -2.28. The number of hydrogen-bond donors (Lipinski definition) is 3. The highest BCUT2D eigenvalue weighted by Gasteiger charge is 2.42. The number of rotatable bonds is 11. The zero-order valence-electron chi connectivity index (χ0n) is 23.1. The molecule has 4 rings (SSSR count). The number of imidazole rings is 1. The van der Waals surface area contributed by atoms with E-state index in [4.69, 9.17) is 0 Å². The number of benzene rings is 3. The van der Waals surface area contributed by atoms with Crippen molar-refractivity contribution < 1.29 is 41.0 Å². The Hall–Kier alpha value is -4.27. The quantitative estimate of drug-likeness (QED) is 0.164. The van der Waals surface area contributed by atoms with E-state index in [0.717, 1.165) is 0 Å². The average molecular weight is 619 g/mol. The summed E-state index contributed by atoms with van der Waals surface area (Å²) < 4.78 is 71.0. The van der Waals surface area contributed by atoms with Gasteiger partial charge in [0.05, 0.1) is 28.4 Å². The molecule has 0 aliphatic carbocycles. The normalized spacial score (nSPS) is 13.1. The van der Waals surface area contributed by atoms with Gasteiger partial charge in [-0.2, -0.15) is 13.2 Å². The van der Waals surface area contributed by atoms with E-state index in [0.29, 0.717) is 29.7 Å². The molecule has 3 N–H and O–H groups in total. The summed E-state index contributed by atoms with van der Waals surface area (Å²) in [4.78, 5) is 27.5. The molecule has 228 valence electrons. The van der Waals surface area contributed by atoms with E-state index in [1.807, 2.05) is 13.8 Å². The first-order valence-corrected chi connectivity index (χ1v) is 14.5. The van der Waals surface area contributed by atoms with Crippen LogP contribution in [0.25, 0.3) is 11.0 Å². The molecule has 3 aromatic carbocycles. The first-order chi connectivity index (χ1) is 20.2. The number of ether oxygens (including phenoxy) is 1. The lowest BCUT2D eigenvalue weighted by atomic mass is 9.99. The summed E-state index contributed by atoms with van der Waals surface area (Å²) in [6.45, 7) is 4.36. The average Bonchev–Trinajstić information content (AvgIpc) is 3.38. The summed E-state index contributed by atoms with van der Waals surface area (Å²) in [7, 11) is -3.80. The number of halogens is 3. The fourth-order valence-corrected chi connectivity index (χ4v) is 5.30. The Morgan fingerprint density at radius 3 is 2.42 bits per heavy atom. The highest BCUT2D eigenvalue weighted by molar-refractivity contribution is 7.92. The molecule has 10 nitrogen and oxygen atoms in total. The third-order valence-corrected chi connectivity index (χ3v) is 8.01. The molecule has 0 bridgehead atoms. The fourth-order valence-electron chi connectivity index (χ4n) is 4.23. The van der Waals surface area contributed by atoms with Crippen molar-refractivity contribution in [3.05, 3.63) is 90.3 Å². The zero-order valence-corrected chi connectivity index (χ0v) is 23.9. The number of nitrogens with one attached hydrogen (secondary N) is 2. The minimum absolute atomic E-state index is 0.0893. The lowest BCUT2D eigenvalue weighted by molar-refractivity contribution is -0.193. The number of hydrogen-bond acceptors (Lipinski definition) is 8. The number of aryl methyl sites for hydroxylation is 1. The molecule has 4 aromatic rings. The zero-order chi connectivity index (χ0) is 31.4. The molecule has 1 unspecified atom stereocenters. The monoisotopic (exact) mass is 618 g/mol. The number of esters is 2. The van der Waals surface area contributed by atoms with Crippen LogP contribution in [-0.4, -0.2) is 53.3 Å². The highest BCUT2D eigenvalue weighted by Crippen LogP contribution is 2.24. The van der Waals surface area contributed by atoms with Gasteiger partial charge in [-0.25, -0.2) is 23.0 Å². The minimum Gasteiger partial charge on any atom is -0.387 e. The summed E-state index contributed by atoms with van der Waals surface area (Å²) >= 11 is 0. The minimum atomic E-state index is -5.31. The summed E-state index contributed by atoms with van der Waals surface area (Å²) in [5, 5.41) is 14.1. The van der Waals surface area contributed by atoms with Crippen LogP contribution in [-0.2, 0) is 26.1 Å². The van der Waals surface area contributed by atoms with Gasteiger partial charge in [-0.15, -0.1) is 0 Å². The number of carbonyl (C=O) groups excluding carboxylic acids is 2. The van der Waals surface area contributed by atoms with Gasteiger partial charge in [-0.05, 0) is 62.2 Å². The summed E-state index contributed by atoms with van der Waals surface area (Å²) in [6, 6.07) is 18.7. The van der Waals surface area contributed by atoms with Gasteiger partial charge in [0.2, 0.25) is 0 Å². The Bertz CT molecular complexity index is 1720. The van der Waals surface area contributed by atoms with E-state index in [1.54, 1.807) is 53.1 Å². The Morgan fingerprint density at radius 1 is 1.02 bits per heavy atom. The molecule has 43 heavy (non-hydrogen) atoms. The van der Waals surface area contributed by atoms with Crippen molar-refractivity contribution in [1.29, 1.82) is 0 Å². The van der Waals surface area contributed by atoms with Crippen LogP contribution in [0.1, 0.15) is 42.3 Å². The predicted octanol–water partition coefficient (Wildman–Crippen LogP) is 4.57. The van der Waals surface area contributed by atoms with Gasteiger partial charge in [0.25, 0.3) is 10.0 Å². The molecule has 14 heteroatoms. The number of anilines is 1. The van der Waals surface area contributed by atoms with Crippen molar-refractivity contribution in [2.24, 2.45) is 0 Å². The van der Waals surface area contributed by atoms with Gasteiger partial charge >= 0.3 is 18.1 Å². The van der Waals surface area contributed by atoms with Crippen molar-refractivity contribution in [2.75, 3.05) is 11.3 Å². The lowest BCUT2D eigenvalue weighted by Crippen LogP contribution is -2.42. The predicted molar refractivity (Wildman–Crippen MR) is 152 cm³/mol. The molecule has 0 saturated heterocycles. The fraction of sp³-hybridized carbons (Fsp3) is 0.276. The molecule has 0 aliphatic heterocycles. The van der Waals surface area contributed by atoms with Crippen molar-refractivity contribution in [1.82, 2.24) is 14.9 Å². The number of aliphatic hydroxyl groups is 1. The molecule has 0 spiro atoms. The number of nitrogens with zero attached hydrogens (tertiary/aromatic N) is 2. The number of carbonyl (C=O) groups is 2. The molecular weight excluding hydrogens is 589 g/mol. The first-order valence-electron chi connectivity index (χ1n) is 13.0.